The Morgan fingerprint density at radius 3 is 2.53 bits per heavy atom. The fourth-order valence-electron chi connectivity index (χ4n) is 2.52. The van der Waals surface area contributed by atoms with E-state index in [1.54, 1.807) is 0 Å². The highest BCUT2D eigenvalue weighted by molar-refractivity contribution is 5.76. The lowest BCUT2D eigenvalue weighted by Crippen LogP contribution is -2.48. The van der Waals surface area contributed by atoms with Crippen LogP contribution in [0.1, 0.15) is 65.2 Å². The molecule has 0 saturated heterocycles. The molecule has 0 aromatic heterocycles. The van der Waals surface area contributed by atoms with Crippen LogP contribution in [-0.4, -0.2) is 18.0 Å². The Kier molecular flexibility index (Phi) is 5.96. The summed E-state index contributed by atoms with van der Waals surface area (Å²) < 4.78 is 0. The van der Waals surface area contributed by atoms with Crippen molar-refractivity contribution in [2.75, 3.05) is 6.54 Å². The molecule has 3 nitrogen and oxygen atoms in total. The van der Waals surface area contributed by atoms with Crippen molar-refractivity contribution in [1.82, 2.24) is 5.32 Å². The number of carbonyl (C=O) groups is 1. The number of hydrogen-bond donors (Lipinski definition) is 2. The van der Waals surface area contributed by atoms with E-state index in [4.69, 9.17) is 5.73 Å². The minimum Gasteiger partial charge on any atom is -0.350 e. The van der Waals surface area contributed by atoms with E-state index in [1.807, 2.05) is 13.8 Å². The molecule has 0 unspecified atom stereocenters. The molecule has 1 saturated carbocycles. The van der Waals surface area contributed by atoms with Gasteiger partial charge in [0.05, 0.1) is 0 Å². The third kappa shape index (κ3) is 6.06. The average molecular weight is 240 g/mol. The fraction of sp³-hybridized carbons (Fsp3) is 0.929. The molecule has 0 spiro atoms. The largest absolute Gasteiger partial charge is 0.350 e. The quantitative estimate of drug-likeness (QED) is 0.750. The molecule has 3 N–H and O–H groups in total. The van der Waals surface area contributed by atoms with Crippen LogP contribution in [0, 0.1) is 5.92 Å². The summed E-state index contributed by atoms with van der Waals surface area (Å²) in [5, 5.41) is 2.98. The number of rotatable bonds is 6. The average Bonchev–Trinajstić information content (AvgIpc) is 2.30. The zero-order valence-electron chi connectivity index (χ0n) is 11.4. The first kappa shape index (κ1) is 14.5. The minimum atomic E-state index is -0.262. The smallest absolute Gasteiger partial charge is 0.220 e. The Labute approximate surface area is 106 Å². The first-order valence-corrected chi connectivity index (χ1v) is 7.04. The van der Waals surface area contributed by atoms with Gasteiger partial charge in [-0.2, -0.15) is 0 Å². The number of carbonyl (C=O) groups excluding carboxylic acids is 1. The molecule has 3 heteroatoms. The lowest BCUT2D eigenvalue weighted by atomic mass is 9.86. The summed E-state index contributed by atoms with van der Waals surface area (Å²) in [6.45, 7) is 4.42. The Hall–Kier alpha value is -0.570. The first-order chi connectivity index (χ1) is 8.03. The maximum Gasteiger partial charge on any atom is 0.220 e. The zero-order valence-corrected chi connectivity index (χ0v) is 11.4. The second kappa shape index (κ2) is 7.00. The van der Waals surface area contributed by atoms with Crippen molar-refractivity contribution in [3.05, 3.63) is 0 Å². The van der Waals surface area contributed by atoms with Gasteiger partial charge in [-0.1, -0.05) is 32.1 Å². The molecule has 17 heavy (non-hydrogen) atoms. The van der Waals surface area contributed by atoms with Crippen molar-refractivity contribution in [1.29, 1.82) is 0 Å². The van der Waals surface area contributed by atoms with Crippen LogP contribution in [-0.2, 0) is 4.79 Å². The van der Waals surface area contributed by atoms with Gasteiger partial charge in [0, 0.05) is 18.5 Å². The summed E-state index contributed by atoms with van der Waals surface area (Å²) in [5.74, 6) is 1.02. The van der Waals surface area contributed by atoms with Gasteiger partial charge in [0.2, 0.25) is 5.91 Å². The van der Waals surface area contributed by atoms with Crippen LogP contribution >= 0.6 is 0 Å². The predicted octanol–water partition coefficient (Wildman–Crippen LogP) is 2.59. The maximum atomic E-state index is 11.7. The molecule has 0 aromatic carbocycles. The molecule has 1 amide bonds. The fourth-order valence-corrected chi connectivity index (χ4v) is 2.52. The third-order valence-electron chi connectivity index (χ3n) is 3.73. The van der Waals surface area contributed by atoms with E-state index < -0.39 is 0 Å². The summed E-state index contributed by atoms with van der Waals surface area (Å²) >= 11 is 0. The standard InChI is InChI=1S/C14H28N2O/c1-14(2,11-15)16-13(17)10-6-9-12-7-4-3-5-8-12/h12H,3-11,15H2,1-2H3,(H,16,17). The van der Waals surface area contributed by atoms with Crippen LogP contribution in [0.15, 0.2) is 0 Å². The van der Waals surface area contributed by atoms with Crippen LogP contribution in [0.3, 0.4) is 0 Å². The summed E-state index contributed by atoms with van der Waals surface area (Å²) in [7, 11) is 0. The first-order valence-electron chi connectivity index (χ1n) is 7.04. The van der Waals surface area contributed by atoms with Crippen LogP contribution in [0.5, 0.6) is 0 Å². The van der Waals surface area contributed by atoms with Gasteiger partial charge < -0.3 is 11.1 Å². The second-order valence-corrected chi connectivity index (χ2v) is 6.03. The van der Waals surface area contributed by atoms with Gasteiger partial charge in [0.1, 0.15) is 0 Å². The van der Waals surface area contributed by atoms with E-state index in [9.17, 15) is 4.79 Å². The molecule has 1 fully saturated rings. The topological polar surface area (TPSA) is 55.1 Å². The normalized spacial score (nSPS) is 18.1. The molecule has 0 atom stereocenters. The van der Waals surface area contributed by atoms with Gasteiger partial charge in [0.15, 0.2) is 0 Å². The van der Waals surface area contributed by atoms with E-state index in [0.29, 0.717) is 13.0 Å². The van der Waals surface area contributed by atoms with E-state index in [0.717, 1.165) is 12.3 Å². The van der Waals surface area contributed by atoms with Crippen molar-refractivity contribution in [2.45, 2.75) is 70.8 Å². The Balaban J connectivity index is 2.11. The maximum absolute atomic E-state index is 11.7. The lowest BCUT2D eigenvalue weighted by molar-refractivity contribution is -0.122. The molecule has 0 aromatic rings. The van der Waals surface area contributed by atoms with Crippen LogP contribution in [0.25, 0.3) is 0 Å². The lowest BCUT2D eigenvalue weighted by Gasteiger charge is -2.25. The highest BCUT2D eigenvalue weighted by Gasteiger charge is 2.18. The highest BCUT2D eigenvalue weighted by atomic mass is 16.1. The predicted molar refractivity (Wildman–Crippen MR) is 71.7 cm³/mol. The minimum absolute atomic E-state index is 0.149. The number of nitrogens with two attached hydrogens (primary N) is 1. The molecule has 0 radical (unpaired) electrons. The molecule has 0 aliphatic heterocycles. The zero-order chi connectivity index (χ0) is 12.7. The molecular weight excluding hydrogens is 212 g/mol. The summed E-state index contributed by atoms with van der Waals surface area (Å²) in [5.41, 5.74) is 5.32. The number of hydrogen-bond acceptors (Lipinski definition) is 2. The molecule has 1 aliphatic rings. The van der Waals surface area contributed by atoms with Gasteiger partial charge >= 0.3 is 0 Å². The van der Waals surface area contributed by atoms with E-state index in [-0.39, 0.29) is 11.4 Å². The van der Waals surface area contributed by atoms with Gasteiger partial charge in [-0.25, -0.2) is 0 Å². The van der Waals surface area contributed by atoms with E-state index in [2.05, 4.69) is 5.32 Å². The summed E-state index contributed by atoms with van der Waals surface area (Å²) in [6.07, 6.45) is 9.81. The second-order valence-electron chi connectivity index (χ2n) is 6.03. The third-order valence-corrected chi connectivity index (χ3v) is 3.73. The molecular formula is C14H28N2O. The van der Waals surface area contributed by atoms with E-state index >= 15 is 0 Å². The van der Waals surface area contributed by atoms with Crippen molar-refractivity contribution in [2.24, 2.45) is 11.7 Å². The van der Waals surface area contributed by atoms with Crippen molar-refractivity contribution in [3.63, 3.8) is 0 Å². The van der Waals surface area contributed by atoms with Gasteiger partial charge in [-0.15, -0.1) is 0 Å². The Morgan fingerprint density at radius 2 is 1.94 bits per heavy atom. The molecule has 0 heterocycles. The summed E-state index contributed by atoms with van der Waals surface area (Å²) in [4.78, 5) is 11.7. The van der Waals surface area contributed by atoms with Gasteiger partial charge in [-0.3, -0.25) is 4.79 Å². The summed E-state index contributed by atoms with van der Waals surface area (Å²) in [6, 6.07) is 0. The van der Waals surface area contributed by atoms with E-state index in [1.165, 1.54) is 38.5 Å². The molecule has 1 rings (SSSR count). The van der Waals surface area contributed by atoms with Crippen molar-refractivity contribution in [3.8, 4) is 0 Å². The number of nitrogens with one attached hydrogen (secondary N) is 1. The van der Waals surface area contributed by atoms with Gasteiger partial charge in [0.25, 0.3) is 0 Å². The Bertz CT molecular complexity index is 232. The highest BCUT2D eigenvalue weighted by Crippen LogP contribution is 2.27. The molecule has 0 bridgehead atoms. The van der Waals surface area contributed by atoms with Crippen LogP contribution in [0.4, 0.5) is 0 Å². The number of amides is 1. The Morgan fingerprint density at radius 1 is 1.29 bits per heavy atom. The monoisotopic (exact) mass is 240 g/mol. The van der Waals surface area contributed by atoms with Crippen molar-refractivity contribution < 1.29 is 4.79 Å². The SMILES string of the molecule is CC(C)(CN)NC(=O)CCCC1CCCCC1. The van der Waals surface area contributed by atoms with Crippen LogP contribution in [0.2, 0.25) is 0 Å². The molecule has 100 valence electrons. The van der Waals surface area contributed by atoms with Gasteiger partial charge in [-0.05, 0) is 32.6 Å². The van der Waals surface area contributed by atoms with Crippen LogP contribution < -0.4 is 11.1 Å². The molecule has 1 aliphatic carbocycles. The van der Waals surface area contributed by atoms with Crippen molar-refractivity contribution >= 4 is 5.91 Å².